The summed E-state index contributed by atoms with van der Waals surface area (Å²) in [6, 6.07) is 6.89. The Labute approximate surface area is 190 Å². The van der Waals surface area contributed by atoms with Crippen LogP contribution in [0.15, 0.2) is 24.3 Å². The Morgan fingerprint density at radius 2 is 1.69 bits per heavy atom. The Morgan fingerprint density at radius 1 is 1.03 bits per heavy atom. The molecule has 0 amide bonds. The standard InChI is InChI=1S/C13H15F3N2.C12H24O2/c1-18(2)8-7-10-9-5-3-4-6-11(9)17-12(10)13(14,15)16;1-3-5-6-7-8-10-11(9-4-2)12(13)14/h3-6,17H,7-8H2,1-2H3;11H,3-10H2,1-2H3,(H,13,14). The Hall–Kier alpha value is -2.02. The number of rotatable bonds is 12. The van der Waals surface area contributed by atoms with E-state index in [0.29, 0.717) is 29.4 Å². The third-order valence-corrected chi connectivity index (χ3v) is 5.55. The second-order valence-corrected chi connectivity index (χ2v) is 8.60. The van der Waals surface area contributed by atoms with Gasteiger partial charge in [0, 0.05) is 17.4 Å². The highest BCUT2D eigenvalue weighted by atomic mass is 19.4. The van der Waals surface area contributed by atoms with E-state index in [0.717, 1.165) is 25.7 Å². The van der Waals surface area contributed by atoms with Gasteiger partial charge >= 0.3 is 12.1 Å². The molecule has 2 N–H and O–H groups in total. The first kappa shape index (κ1) is 28.0. The molecular weight excluding hydrogens is 417 g/mol. The number of aromatic amines is 1. The predicted molar refractivity (Wildman–Crippen MR) is 125 cm³/mol. The number of benzene rings is 1. The number of aromatic nitrogens is 1. The van der Waals surface area contributed by atoms with Crippen molar-refractivity contribution in [3.63, 3.8) is 0 Å². The third-order valence-electron chi connectivity index (χ3n) is 5.55. The van der Waals surface area contributed by atoms with Gasteiger partial charge in [-0.05, 0) is 45.0 Å². The molecular formula is C25H39F3N2O2. The van der Waals surface area contributed by atoms with E-state index in [1.54, 1.807) is 24.3 Å². The van der Waals surface area contributed by atoms with E-state index in [1.165, 1.54) is 25.7 Å². The van der Waals surface area contributed by atoms with Gasteiger partial charge in [0.05, 0.1) is 5.92 Å². The number of H-pyrrole nitrogens is 1. The van der Waals surface area contributed by atoms with Crippen LogP contribution < -0.4 is 0 Å². The van der Waals surface area contributed by atoms with Gasteiger partial charge in [0.25, 0.3) is 0 Å². The average Bonchev–Trinajstić information content (AvgIpc) is 3.11. The van der Waals surface area contributed by atoms with Crippen molar-refractivity contribution < 1.29 is 23.1 Å². The third kappa shape index (κ3) is 9.63. The van der Waals surface area contributed by atoms with E-state index >= 15 is 0 Å². The molecule has 2 aromatic rings. The van der Waals surface area contributed by atoms with Crippen LogP contribution in [-0.4, -0.2) is 41.6 Å². The van der Waals surface area contributed by atoms with Crippen LogP contribution in [0.5, 0.6) is 0 Å². The van der Waals surface area contributed by atoms with Crippen molar-refractivity contribution in [2.45, 2.75) is 77.8 Å². The maximum Gasteiger partial charge on any atom is 0.431 e. The van der Waals surface area contributed by atoms with Crippen molar-refractivity contribution in [2.24, 2.45) is 5.92 Å². The molecule has 0 aliphatic carbocycles. The Morgan fingerprint density at radius 3 is 2.25 bits per heavy atom. The molecule has 1 aromatic carbocycles. The van der Waals surface area contributed by atoms with Crippen LogP contribution in [-0.2, 0) is 17.4 Å². The minimum Gasteiger partial charge on any atom is -0.481 e. The second kappa shape index (κ2) is 14.2. The van der Waals surface area contributed by atoms with E-state index in [9.17, 15) is 18.0 Å². The Balaban J connectivity index is 0.000000333. The Bertz CT molecular complexity index is 800. The number of fused-ring (bicyclic) bond motifs is 1. The van der Waals surface area contributed by atoms with E-state index in [1.807, 2.05) is 25.9 Å². The minimum absolute atomic E-state index is 0.0957. The van der Waals surface area contributed by atoms with Crippen LogP contribution in [0.3, 0.4) is 0 Å². The number of nitrogens with one attached hydrogen (secondary N) is 1. The smallest absolute Gasteiger partial charge is 0.431 e. The van der Waals surface area contributed by atoms with Gasteiger partial charge < -0.3 is 15.0 Å². The SMILES string of the molecule is CCCCCCCC(CCC)C(=O)O.CN(C)CCc1c(C(F)(F)F)[nH]c2ccccc12. The van der Waals surface area contributed by atoms with Crippen molar-refractivity contribution in [1.29, 1.82) is 0 Å². The highest BCUT2D eigenvalue weighted by Crippen LogP contribution is 2.35. The van der Waals surface area contributed by atoms with Gasteiger partial charge in [-0.15, -0.1) is 0 Å². The average molecular weight is 457 g/mol. The summed E-state index contributed by atoms with van der Waals surface area (Å²) in [7, 11) is 3.70. The molecule has 0 aliphatic rings. The number of nitrogens with zero attached hydrogens (tertiary/aromatic N) is 1. The van der Waals surface area contributed by atoms with Gasteiger partial charge in [0.2, 0.25) is 0 Å². The fourth-order valence-electron chi connectivity index (χ4n) is 3.77. The van der Waals surface area contributed by atoms with Gasteiger partial charge in [-0.2, -0.15) is 13.2 Å². The zero-order valence-electron chi connectivity index (χ0n) is 19.9. The lowest BCUT2D eigenvalue weighted by molar-refractivity contribution is -0.142. The number of halogens is 3. The van der Waals surface area contributed by atoms with Crippen molar-refractivity contribution in [3.05, 3.63) is 35.5 Å². The number of hydrogen-bond acceptors (Lipinski definition) is 2. The summed E-state index contributed by atoms with van der Waals surface area (Å²) in [5, 5.41) is 9.57. The number of carbonyl (C=O) groups is 1. The number of para-hydroxylation sites is 1. The molecule has 0 radical (unpaired) electrons. The molecule has 0 fully saturated rings. The summed E-state index contributed by atoms with van der Waals surface area (Å²) >= 11 is 0. The monoisotopic (exact) mass is 456 g/mol. The summed E-state index contributed by atoms with van der Waals surface area (Å²) in [6.07, 6.45) is 4.80. The summed E-state index contributed by atoms with van der Waals surface area (Å²) in [5.41, 5.74) is 0.274. The molecule has 4 nitrogen and oxygen atoms in total. The van der Waals surface area contributed by atoms with Crippen molar-refractivity contribution >= 4 is 16.9 Å². The summed E-state index contributed by atoms with van der Waals surface area (Å²) in [5.74, 6) is -0.705. The molecule has 182 valence electrons. The molecule has 7 heteroatoms. The van der Waals surface area contributed by atoms with Crippen LogP contribution in [0, 0.1) is 5.92 Å². The van der Waals surface area contributed by atoms with Gasteiger partial charge in [0.1, 0.15) is 5.69 Å². The number of alkyl halides is 3. The predicted octanol–water partition coefficient (Wildman–Crippen LogP) is 7.14. The van der Waals surface area contributed by atoms with E-state index in [2.05, 4.69) is 11.9 Å². The first-order chi connectivity index (χ1) is 15.1. The summed E-state index contributed by atoms with van der Waals surface area (Å²) in [6.45, 7) is 4.83. The second-order valence-electron chi connectivity index (χ2n) is 8.60. The number of carboxylic acids is 1. The lowest BCUT2D eigenvalue weighted by Gasteiger charge is -2.11. The fourth-order valence-corrected chi connectivity index (χ4v) is 3.77. The van der Waals surface area contributed by atoms with Crippen LogP contribution in [0.1, 0.15) is 76.5 Å². The lowest BCUT2D eigenvalue weighted by Crippen LogP contribution is -2.17. The summed E-state index contributed by atoms with van der Waals surface area (Å²) < 4.78 is 38.9. The first-order valence-corrected chi connectivity index (χ1v) is 11.7. The molecule has 1 heterocycles. The maximum absolute atomic E-state index is 13.0. The van der Waals surface area contributed by atoms with E-state index < -0.39 is 17.8 Å². The maximum atomic E-state index is 13.0. The normalized spacial score (nSPS) is 12.6. The number of hydrogen-bond donors (Lipinski definition) is 2. The molecule has 1 atom stereocenters. The van der Waals surface area contributed by atoms with Gasteiger partial charge in [-0.1, -0.05) is 70.6 Å². The van der Waals surface area contributed by atoms with E-state index in [4.69, 9.17) is 5.11 Å². The van der Waals surface area contributed by atoms with Gasteiger partial charge in [0.15, 0.2) is 0 Å². The van der Waals surface area contributed by atoms with Crippen molar-refractivity contribution in [2.75, 3.05) is 20.6 Å². The van der Waals surface area contributed by atoms with Crippen LogP contribution >= 0.6 is 0 Å². The molecule has 1 aromatic heterocycles. The molecule has 0 bridgehead atoms. The van der Waals surface area contributed by atoms with Gasteiger partial charge in [-0.3, -0.25) is 4.79 Å². The molecule has 2 rings (SSSR count). The summed E-state index contributed by atoms with van der Waals surface area (Å²) in [4.78, 5) is 15.2. The highest BCUT2D eigenvalue weighted by Gasteiger charge is 2.36. The fraction of sp³-hybridized carbons (Fsp3) is 0.640. The first-order valence-electron chi connectivity index (χ1n) is 11.7. The number of unbranched alkanes of at least 4 members (excludes halogenated alkanes) is 4. The molecule has 1 unspecified atom stereocenters. The Kier molecular flexibility index (Phi) is 12.4. The van der Waals surface area contributed by atoms with Crippen LogP contribution in [0.25, 0.3) is 10.9 Å². The highest BCUT2D eigenvalue weighted by molar-refractivity contribution is 5.84. The number of carboxylic acid groups (broad SMARTS) is 1. The van der Waals surface area contributed by atoms with Crippen molar-refractivity contribution in [3.8, 4) is 0 Å². The zero-order valence-corrected chi connectivity index (χ0v) is 19.9. The topological polar surface area (TPSA) is 56.3 Å². The van der Waals surface area contributed by atoms with Gasteiger partial charge in [-0.25, -0.2) is 0 Å². The zero-order chi connectivity index (χ0) is 24.1. The lowest BCUT2D eigenvalue weighted by atomic mass is 9.96. The quantitative estimate of drug-likeness (QED) is 0.334. The number of aliphatic carboxylic acids is 1. The molecule has 0 spiro atoms. The molecule has 0 aliphatic heterocycles. The number of likely N-dealkylation sites (N-methyl/N-ethyl adjacent to an activating group) is 1. The van der Waals surface area contributed by atoms with Crippen LogP contribution in [0.4, 0.5) is 13.2 Å². The van der Waals surface area contributed by atoms with E-state index in [-0.39, 0.29) is 5.92 Å². The molecule has 0 saturated carbocycles. The van der Waals surface area contributed by atoms with Crippen LogP contribution in [0.2, 0.25) is 0 Å². The molecule has 32 heavy (non-hydrogen) atoms. The van der Waals surface area contributed by atoms with Crippen molar-refractivity contribution in [1.82, 2.24) is 9.88 Å². The molecule has 0 saturated heterocycles. The largest absolute Gasteiger partial charge is 0.481 e. The minimum atomic E-state index is -4.33.